The fourth-order valence-corrected chi connectivity index (χ4v) is 3.37. The van der Waals surface area contributed by atoms with Crippen molar-refractivity contribution in [3.63, 3.8) is 0 Å². The quantitative estimate of drug-likeness (QED) is 0.745. The molecule has 1 aliphatic heterocycles. The summed E-state index contributed by atoms with van der Waals surface area (Å²) in [5, 5.41) is 5.89. The third kappa shape index (κ3) is 5.28. The van der Waals surface area contributed by atoms with E-state index in [-0.39, 0.29) is 11.8 Å². The molecule has 6 heteroatoms. The summed E-state index contributed by atoms with van der Waals surface area (Å²) in [4.78, 5) is 27.7. The van der Waals surface area contributed by atoms with Crippen LogP contribution in [0.4, 0.5) is 11.4 Å². The van der Waals surface area contributed by atoms with Crippen molar-refractivity contribution in [1.82, 2.24) is 5.32 Å². The van der Waals surface area contributed by atoms with Crippen molar-refractivity contribution >= 4 is 23.2 Å². The fraction of sp³-hybridized carbons (Fsp3) is 0.391. The van der Waals surface area contributed by atoms with Gasteiger partial charge in [0.05, 0.1) is 12.7 Å². The van der Waals surface area contributed by atoms with E-state index in [9.17, 15) is 9.59 Å². The lowest BCUT2D eigenvalue weighted by atomic mass is 10.1. The Morgan fingerprint density at radius 1 is 1.03 bits per heavy atom. The smallest absolute Gasteiger partial charge is 0.255 e. The zero-order valence-corrected chi connectivity index (χ0v) is 17.3. The van der Waals surface area contributed by atoms with Crippen LogP contribution in [-0.2, 0) is 0 Å². The van der Waals surface area contributed by atoms with Crippen LogP contribution in [0, 0.1) is 5.92 Å². The molecule has 6 nitrogen and oxygen atoms in total. The number of nitrogens with one attached hydrogen (secondary N) is 2. The molecule has 2 aromatic rings. The molecule has 3 rings (SSSR count). The first kappa shape index (κ1) is 20.7. The molecule has 1 heterocycles. The number of carbonyl (C=O) groups excluding carboxylic acids is 2. The first-order valence-electron chi connectivity index (χ1n) is 10.1. The highest BCUT2D eigenvalue weighted by Gasteiger charge is 2.20. The number of ether oxygens (including phenoxy) is 1. The van der Waals surface area contributed by atoms with Crippen molar-refractivity contribution in [2.24, 2.45) is 5.92 Å². The second-order valence-corrected chi connectivity index (χ2v) is 7.71. The summed E-state index contributed by atoms with van der Waals surface area (Å²) in [6.07, 6.45) is 2.26. The molecule has 0 atom stereocenters. The molecule has 0 spiro atoms. The zero-order chi connectivity index (χ0) is 20.8. The molecule has 0 radical (unpaired) electrons. The highest BCUT2D eigenvalue weighted by Crippen LogP contribution is 2.28. The maximum atomic E-state index is 12.8. The molecule has 2 amide bonds. The summed E-state index contributed by atoms with van der Waals surface area (Å²) in [6, 6.07) is 12.5. The molecule has 2 aromatic carbocycles. The van der Waals surface area contributed by atoms with Crippen LogP contribution in [0.1, 0.15) is 47.4 Å². The summed E-state index contributed by atoms with van der Waals surface area (Å²) in [6.45, 7) is 6.63. The third-order valence-corrected chi connectivity index (χ3v) is 4.97. The number of anilines is 2. The van der Waals surface area contributed by atoms with Gasteiger partial charge in [0.25, 0.3) is 11.8 Å². The maximum Gasteiger partial charge on any atom is 0.255 e. The number of hydrogen-bond acceptors (Lipinski definition) is 4. The van der Waals surface area contributed by atoms with E-state index in [1.807, 2.05) is 12.1 Å². The van der Waals surface area contributed by atoms with Crippen molar-refractivity contribution in [3.05, 3.63) is 53.6 Å². The van der Waals surface area contributed by atoms with Crippen molar-refractivity contribution in [1.29, 1.82) is 0 Å². The van der Waals surface area contributed by atoms with Crippen molar-refractivity contribution in [3.8, 4) is 5.75 Å². The van der Waals surface area contributed by atoms with Gasteiger partial charge in [0.2, 0.25) is 0 Å². The summed E-state index contributed by atoms with van der Waals surface area (Å²) in [5.41, 5.74) is 2.65. The molecule has 0 unspecified atom stereocenters. The van der Waals surface area contributed by atoms with Crippen LogP contribution >= 0.6 is 0 Å². The monoisotopic (exact) mass is 395 g/mol. The second-order valence-electron chi connectivity index (χ2n) is 7.71. The van der Waals surface area contributed by atoms with Gasteiger partial charge in [-0.2, -0.15) is 0 Å². The molecule has 0 aliphatic carbocycles. The maximum absolute atomic E-state index is 12.8. The van der Waals surface area contributed by atoms with E-state index in [0.29, 0.717) is 35.0 Å². The second kappa shape index (κ2) is 9.45. The molecular formula is C23H29N3O3. The van der Waals surface area contributed by atoms with Gasteiger partial charge in [-0.15, -0.1) is 0 Å². The number of rotatable bonds is 7. The average molecular weight is 396 g/mol. The van der Waals surface area contributed by atoms with E-state index in [2.05, 4.69) is 29.4 Å². The van der Waals surface area contributed by atoms with Crippen LogP contribution in [0.25, 0.3) is 0 Å². The van der Waals surface area contributed by atoms with Gasteiger partial charge in [-0.1, -0.05) is 13.8 Å². The largest absolute Gasteiger partial charge is 0.497 e. The standard InChI is InChI=1S/C23H29N3O3/c1-16(2)15-24-23(28)20-14-18(8-11-21(20)26-12-4-5-13-26)25-22(27)17-6-9-19(29-3)10-7-17/h6-11,14,16H,4-5,12-13,15H2,1-3H3,(H,24,28)(H,25,27). The lowest BCUT2D eigenvalue weighted by Crippen LogP contribution is -2.30. The normalized spacial score (nSPS) is 13.4. The summed E-state index contributed by atoms with van der Waals surface area (Å²) in [5.74, 6) is 0.726. The lowest BCUT2D eigenvalue weighted by molar-refractivity contribution is 0.0948. The Kier molecular flexibility index (Phi) is 6.75. The van der Waals surface area contributed by atoms with Gasteiger partial charge in [-0.05, 0) is 61.2 Å². The minimum absolute atomic E-state index is 0.110. The van der Waals surface area contributed by atoms with Gasteiger partial charge in [-0.3, -0.25) is 9.59 Å². The van der Waals surface area contributed by atoms with E-state index in [4.69, 9.17) is 4.74 Å². The van der Waals surface area contributed by atoms with Gasteiger partial charge < -0.3 is 20.3 Å². The Morgan fingerprint density at radius 2 is 1.72 bits per heavy atom. The van der Waals surface area contributed by atoms with Crippen LogP contribution in [0.5, 0.6) is 5.75 Å². The molecule has 1 aliphatic rings. The Bertz CT molecular complexity index is 856. The van der Waals surface area contributed by atoms with Crippen molar-refractivity contribution in [2.45, 2.75) is 26.7 Å². The predicted octanol–water partition coefficient (Wildman–Crippen LogP) is 3.93. The van der Waals surface area contributed by atoms with Crippen molar-refractivity contribution < 1.29 is 14.3 Å². The average Bonchev–Trinajstić information content (AvgIpc) is 3.26. The summed E-state index contributed by atoms with van der Waals surface area (Å²) in [7, 11) is 1.59. The van der Waals surface area contributed by atoms with Crippen LogP contribution in [-0.4, -0.2) is 38.6 Å². The molecule has 1 saturated heterocycles. The molecule has 0 bridgehead atoms. The van der Waals surface area contributed by atoms with E-state index in [1.54, 1.807) is 37.4 Å². The van der Waals surface area contributed by atoms with Crippen LogP contribution in [0.2, 0.25) is 0 Å². The highest BCUT2D eigenvalue weighted by molar-refractivity contribution is 6.06. The molecule has 29 heavy (non-hydrogen) atoms. The van der Waals surface area contributed by atoms with Gasteiger partial charge in [0.15, 0.2) is 0 Å². The highest BCUT2D eigenvalue weighted by atomic mass is 16.5. The number of methoxy groups -OCH3 is 1. The Morgan fingerprint density at radius 3 is 2.34 bits per heavy atom. The lowest BCUT2D eigenvalue weighted by Gasteiger charge is -2.22. The molecular weight excluding hydrogens is 366 g/mol. The topological polar surface area (TPSA) is 70.7 Å². The Hall–Kier alpha value is -3.02. The number of nitrogens with zero attached hydrogens (tertiary/aromatic N) is 1. The number of benzene rings is 2. The number of amides is 2. The van der Waals surface area contributed by atoms with Crippen molar-refractivity contribution in [2.75, 3.05) is 37.0 Å². The summed E-state index contributed by atoms with van der Waals surface area (Å²) < 4.78 is 5.13. The minimum atomic E-state index is -0.227. The molecule has 2 N–H and O–H groups in total. The fourth-order valence-electron chi connectivity index (χ4n) is 3.37. The van der Waals surface area contributed by atoms with Gasteiger partial charge in [0.1, 0.15) is 5.75 Å². The molecule has 1 fully saturated rings. The third-order valence-electron chi connectivity index (χ3n) is 4.97. The molecule has 0 saturated carbocycles. The zero-order valence-electron chi connectivity index (χ0n) is 17.3. The minimum Gasteiger partial charge on any atom is -0.497 e. The van der Waals surface area contributed by atoms with E-state index < -0.39 is 0 Å². The van der Waals surface area contributed by atoms with Crippen LogP contribution in [0.3, 0.4) is 0 Å². The van der Waals surface area contributed by atoms with E-state index >= 15 is 0 Å². The molecule has 0 aromatic heterocycles. The van der Waals surface area contributed by atoms with Gasteiger partial charge in [-0.25, -0.2) is 0 Å². The first-order chi connectivity index (χ1) is 14.0. The van der Waals surface area contributed by atoms with E-state index in [0.717, 1.165) is 31.6 Å². The predicted molar refractivity (Wildman–Crippen MR) is 116 cm³/mol. The molecule has 154 valence electrons. The SMILES string of the molecule is COc1ccc(C(=O)Nc2ccc(N3CCCC3)c(C(=O)NCC(C)C)c2)cc1. The first-order valence-corrected chi connectivity index (χ1v) is 10.1. The van der Waals surface area contributed by atoms with Gasteiger partial charge >= 0.3 is 0 Å². The Labute approximate surface area is 172 Å². The van der Waals surface area contributed by atoms with Crippen LogP contribution < -0.4 is 20.3 Å². The Balaban J connectivity index is 1.82. The van der Waals surface area contributed by atoms with E-state index in [1.165, 1.54) is 0 Å². The number of hydrogen-bond donors (Lipinski definition) is 2. The van der Waals surface area contributed by atoms with Crippen LogP contribution in [0.15, 0.2) is 42.5 Å². The summed E-state index contributed by atoms with van der Waals surface area (Å²) >= 11 is 0. The van der Waals surface area contributed by atoms with Gasteiger partial charge in [0, 0.05) is 36.6 Å². The number of carbonyl (C=O) groups is 2.